The summed E-state index contributed by atoms with van der Waals surface area (Å²) in [6.07, 6.45) is 0. The first-order valence-electron chi connectivity index (χ1n) is 29.2. The number of aryl methyl sites for hydroxylation is 1. The molecule has 0 bridgehead atoms. The number of phenols is 3. The van der Waals surface area contributed by atoms with Crippen LogP contribution in [-0.4, -0.2) is 73.2 Å². The molecule has 0 heterocycles. The van der Waals surface area contributed by atoms with Crippen molar-refractivity contribution in [2.45, 2.75) is 56.1 Å². The highest BCUT2D eigenvalue weighted by molar-refractivity contribution is 8.00. The number of anilines is 3. The van der Waals surface area contributed by atoms with Gasteiger partial charge < -0.3 is 30.6 Å². The summed E-state index contributed by atoms with van der Waals surface area (Å²) >= 11 is 3.49. The number of sulfonamides is 3. The highest BCUT2D eigenvalue weighted by Crippen LogP contribution is 2.44. The van der Waals surface area contributed by atoms with Crippen LogP contribution in [0, 0.1) is 12.7 Å². The average molecular weight is 1390 g/mol. The van der Waals surface area contributed by atoms with Crippen molar-refractivity contribution in [2.24, 2.45) is 0 Å². The normalized spacial score (nSPS) is 11.7. The van der Waals surface area contributed by atoms with Crippen molar-refractivity contribution in [2.75, 3.05) is 31.4 Å². The van der Waals surface area contributed by atoms with Gasteiger partial charge in [-0.25, -0.2) is 29.6 Å². The number of aliphatic hydroxyl groups is 3. The quantitative estimate of drug-likeness (QED) is 0.0207. The van der Waals surface area contributed by atoms with E-state index in [1.807, 2.05) is 43.3 Å². The summed E-state index contributed by atoms with van der Waals surface area (Å²) in [7, 11) is -11.8. The number of fused-ring (bicyclic) bond motifs is 6. The monoisotopic (exact) mass is 1390 g/mol. The first-order valence-corrected chi connectivity index (χ1v) is 36.6. The average Bonchev–Trinajstić information content (AvgIpc) is 0.793. The third kappa shape index (κ3) is 16.0. The van der Waals surface area contributed by atoms with Gasteiger partial charge in [0, 0.05) is 32.3 Å². The van der Waals surface area contributed by atoms with Crippen molar-refractivity contribution in [1.82, 2.24) is 0 Å². The van der Waals surface area contributed by atoms with Crippen molar-refractivity contribution in [3.8, 4) is 17.2 Å². The lowest BCUT2D eigenvalue weighted by Gasteiger charge is -2.15. The first-order chi connectivity index (χ1) is 45.1. The van der Waals surface area contributed by atoms with Crippen molar-refractivity contribution < 1.29 is 60.3 Å². The van der Waals surface area contributed by atoms with Crippen LogP contribution in [0.3, 0.4) is 0 Å². The van der Waals surface area contributed by atoms with E-state index in [-0.39, 0.29) is 72.2 Å². The van der Waals surface area contributed by atoms with Crippen molar-refractivity contribution >= 4 is 147 Å². The molecular weight excluding hydrogens is 1320 g/mol. The maximum atomic E-state index is 13.6. The fourth-order valence-electron chi connectivity index (χ4n) is 10.3. The molecule has 0 fully saturated rings. The van der Waals surface area contributed by atoms with E-state index in [0.717, 1.165) is 44.3 Å². The molecule has 0 aliphatic rings. The van der Waals surface area contributed by atoms with Gasteiger partial charge in [-0.1, -0.05) is 173 Å². The van der Waals surface area contributed by atoms with Gasteiger partial charge in [0.15, 0.2) is 0 Å². The van der Waals surface area contributed by atoms with Gasteiger partial charge in [0.25, 0.3) is 30.1 Å². The highest BCUT2D eigenvalue weighted by atomic mass is 32.2. The van der Waals surface area contributed by atoms with Gasteiger partial charge in [-0.05, 0) is 117 Å². The Morgan fingerprint density at radius 2 is 0.716 bits per heavy atom. The fraction of sp³-hybridized carbons (Fsp3) is 0.0959. The Labute approximate surface area is 562 Å². The molecule has 22 heteroatoms. The summed E-state index contributed by atoms with van der Waals surface area (Å²) < 4.78 is 101. The minimum Gasteiger partial charge on any atom is -0.512 e. The van der Waals surface area contributed by atoms with Crippen molar-refractivity contribution in [3.05, 3.63) is 254 Å². The second-order valence-corrected chi connectivity index (χ2v) is 30.5. The van der Waals surface area contributed by atoms with Crippen LogP contribution in [-0.2, 0) is 30.1 Å². The zero-order valence-corrected chi connectivity index (χ0v) is 56.2. The van der Waals surface area contributed by atoms with Gasteiger partial charge in [-0.3, -0.25) is 14.2 Å². The van der Waals surface area contributed by atoms with Crippen LogP contribution >= 0.6 is 35.3 Å². The molecule has 0 aliphatic heterocycles. The maximum Gasteiger partial charge on any atom is 0.261 e. The summed E-state index contributed by atoms with van der Waals surface area (Å²) in [5, 5.41) is 68.2. The SMILES string of the molecule is C=C(O)CSc1cc(NS(=O)(=O)c2ccc3cc(C(C)C)ccc3c2)c2ccccc2c1O.C=C(O)CSc1cc(NS(=O)(=O)c2ccc3ccc(C)cc3c2)c2ccccc2c1O.C=C(O)CSc1cc(NS(=O)(=O)c2ccc3ccc(F)cc3c2)c2ccccc2c1O. The van der Waals surface area contributed by atoms with E-state index in [2.05, 4.69) is 53.8 Å². The molecular formula is C73H64FN3O12S6. The van der Waals surface area contributed by atoms with Gasteiger partial charge >= 0.3 is 0 Å². The number of thioether (sulfide) groups is 3. The molecule has 0 unspecified atom stereocenters. The molecule has 15 nitrogen and oxygen atoms in total. The second kappa shape index (κ2) is 28.6. The molecule has 12 rings (SSSR count). The Hall–Kier alpha value is -9.55. The summed E-state index contributed by atoms with van der Waals surface area (Å²) in [6, 6.07) is 56.2. The smallest absolute Gasteiger partial charge is 0.261 e. The summed E-state index contributed by atoms with van der Waals surface area (Å²) in [6.45, 7) is 16.6. The predicted octanol–water partition coefficient (Wildman–Crippen LogP) is 18.6. The van der Waals surface area contributed by atoms with Gasteiger partial charge in [0.05, 0.1) is 81.0 Å². The van der Waals surface area contributed by atoms with Crippen LogP contribution in [0.5, 0.6) is 17.2 Å². The Morgan fingerprint density at radius 3 is 1.09 bits per heavy atom. The van der Waals surface area contributed by atoms with E-state index in [1.54, 1.807) is 127 Å². The van der Waals surface area contributed by atoms with Crippen molar-refractivity contribution in [3.63, 3.8) is 0 Å². The number of rotatable bonds is 19. The standard InChI is InChI=1S/C26H25NO4S2.C24H21NO4S2.C23H18FNO4S2/c1-16(2)18-8-9-20-13-21(11-10-19(20)12-18)33(30,31)27-24-14-25(32-15-17(3)28)26(29)23-7-5-4-6-22(23)24;1-15-7-8-17-9-10-19(12-18(17)11-15)31(28,29)25-22-13-23(30-14-16(2)26)24(27)21-6-4-3-5-20(21)22;1-14(26)13-30-22-12-21(19-4-2-3-5-20(19)23(22)27)25-31(28,29)18-9-7-15-6-8-17(24)10-16(15)11-18/h4-14,16,27-29H,3,15H2,1-2H3;3-13,25-27H,2,14H2,1H3;2-12,25-27H,1,13H2. The molecule has 9 N–H and O–H groups in total. The van der Waals surface area contributed by atoms with E-state index in [1.165, 1.54) is 59.4 Å². The van der Waals surface area contributed by atoms with Crippen LogP contribution in [0.25, 0.3) is 64.6 Å². The molecule has 0 saturated heterocycles. The Balaban J connectivity index is 0.000000155. The number of aliphatic hydroxyl groups excluding tert-OH is 3. The third-order valence-corrected chi connectivity index (χ3v) is 22.4. The molecule has 95 heavy (non-hydrogen) atoms. The zero-order valence-electron chi connectivity index (χ0n) is 51.3. The molecule has 0 saturated carbocycles. The van der Waals surface area contributed by atoms with E-state index in [0.29, 0.717) is 69.7 Å². The van der Waals surface area contributed by atoms with E-state index >= 15 is 0 Å². The van der Waals surface area contributed by atoms with Crippen LogP contribution in [0.2, 0.25) is 0 Å². The minimum absolute atomic E-state index is 0.00835. The Kier molecular flexibility index (Phi) is 20.6. The number of aromatic hydroxyl groups is 3. The lowest BCUT2D eigenvalue weighted by Crippen LogP contribution is -2.13. The molecule has 12 aromatic carbocycles. The van der Waals surface area contributed by atoms with E-state index in [4.69, 9.17) is 0 Å². The van der Waals surface area contributed by atoms with Gasteiger partial charge in [0.2, 0.25) is 0 Å². The first kappa shape index (κ1) is 68.3. The second-order valence-electron chi connectivity index (χ2n) is 22.4. The zero-order chi connectivity index (χ0) is 68.1. The van der Waals surface area contributed by atoms with Gasteiger partial charge in [0.1, 0.15) is 23.1 Å². The number of phenolic OH excluding ortho intramolecular Hbond substituents is 3. The van der Waals surface area contributed by atoms with E-state index in [9.17, 15) is 60.3 Å². The highest BCUT2D eigenvalue weighted by Gasteiger charge is 2.24. The lowest BCUT2D eigenvalue weighted by molar-refractivity contribution is 0.419. The topological polar surface area (TPSA) is 260 Å². The van der Waals surface area contributed by atoms with Crippen molar-refractivity contribution in [1.29, 1.82) is 0 Å². The number of hydrogen-bond donors (Lipinski definition) is 9. The van der Waals surface area contributed by atoms with E-state index < -0.39 is 35.9 Å². The molecule has 12 aromatic rings. The third-order valence-electron chi connectivity index (χ3n) is 15.0. The number of halogens is 1. The predicted molar refractivity (Wildman–Crippen MR) is 387 cm³/mol. The van der Waals surface area contributed by atoms with Crippen LogP contribution < -0.4 is 14.2 Å². The van der Waals surface area contributed by atoms with Gasteiger partial charge in [-0.15, -0.1) is 35.3 Å². The lowest BCUT2D eigenvalue weighted by atomic mass is 9.99. The van der Waals surface area contributed by atoms with Crippen LogP contribution in [0.15, 0.2) is 267 Å². The number of nitrogens with one attached hydrogen (secondary N) is 3. The minimum atomic E-state index is -4.00. The fourth-order valence-corrected chi connectivity index (χ4v) is 16.0. The number of hydrogen-bond acceptors (Lipinski definition) is 15. The van der Waals surface area contributed by atoms with Crippen LogP contribution in [0.1, 0.15) is 30.9 Å². The largest absolute Gasteiger partial charge is 0.512 e. The number of benzene rings is 12. The molecule has 0 amide bonds. The molecule has 0 aromatic heterocycles. The Bertz CT molecular complexity index is 5180. The summed E-state index contributed by atoms with van der Waals surface area (Å²) in [5.74, 6) is 0.366. The van der Waals surface area contributed by atoms with Gasteiger partial charge in [-0.2, -0.15) is 0 Å². The summed E-state index contributed by atoms with van der Waals surface area (Å²) in [4.78, 5) is 1.58. The molecule has 0 atom stereocenters. The molecule has 0 spiro atoms. The van der Waals surface area contributed by atoms with Crippen LogP contribution in [0.4, 0.5) is 21.5 Å². The Morgan fingerprint density at radius 1 is 0.400 bits per heavy atom. The molecule has 0 aliphatic carbocycles. The molecule has 486 valence electrons. The molecule has 0 radical (unpaired) electrons. The maximum absolute atomic E-state index is 13.6. The summed E-state index contributed by atoms with van der Waals surface area (Å²) in [5.41, 5.74) is 3.22.